The van der Waals surface area contributed by atoms with E-state index < -0.39 is 32.8 Å². The molecule has 0 radical (unpaired) electrons. The number of amidine groups is 3. The van der Waals surface area contributed by atoms with Crippen LogP contribution >= 0.6 is 105 Å². The number of allylic oxidation sites excluding steroid dienone is 5. The molecule has 9 aromatic rings. The Hall–Kier alpha value is -7.43. The SMILES string of the molecule is CC(C)C1=C(C(=O)c2ncc[nH]2)SC2=N[C@@](C)(c3ccc(Cl)cc3)[C@@H](c3ccc(Cl)cc3)N21.CC(C)C1=C(C(=O)c2nccn2COCC[Si](C)(C)C)SC2=N[C@@](C)(c3ccc(Cl)cc3)[C@@H](c3ccc(Cl)cc3)N21.CCOC(=O)C1=C(C(C)C)N2C(=N[C@@](C)(c3ccc(Cl)cc3)[C@H]2c2ccc(Cl)cc2)S1.C[Si](C)(C)CCCCn1ccnc1. The first-order chi connectivity index (χ1) is 56.0. The molecule has 17 nitrogen and oxygen atoms in total. The Labute approximate surface area is 739 Å². The Balaban J connectivity index is 0.000000152. The van der Waals surface area contributed by atoms with E-state index in [9.17, 15) is 14.4 Å². The lowest BCUT2D eigenvalue weighted by Crippen LogP contribution is -2.36. The Bertz CT molecular complexity index is 5270. The second-order valence-corrected chi connectivity index (χ2v) is 50.5. The molecule has 118 heavy (non-hydrogen) atoms. The lowest BCUT2D eigenvalue weighted by Gasteiger charge is -2.37. The number of fused-ring (bicyclic) bond motifs is 3. The Morgan fingerprint density at radius 1 is 0.483 bits per heavy atom. The predicted molar refractivity (Wildman–Crippen MR) is 495 cm³/mol. The van der Waals surface area contributed by atoms with Crippen LogP contribution in [0.25, 0.3) is 0 Å². The number of aliphatic imine (C=N–C) groups is 3. The summed E-state index contributed by atoms with van der Waals surface area (Å²) in [7, 11) is -2.01. The van der Waals surface area contributed by atoms with Gasteiger partial charge in [0.25, 0.3) is 0 Å². The zero-order valence-electron chi connectivity index (χ0n) is 69.5. The number of aromatic amines is 1. The van der Waals surface area contributed by atoms with Gasteiger partial charge in [0, 0.05) is 114 Å². The third-order valence-corrected chi connectivity index (χ3v) is 29.7. The van der Waals surface area contributed by atoms with E-state index in [-0.39, 0.29) is 53.4 Å². The number of aryl methyl sites for hydroxylation is 1. The van der Waals surface area contributed by atoms with E-state index in [0.717, 1.165) is 78.6 Å². The number of ketones is 2. The van der Waals surface area contributed by atoms with Gasteiger partial charge in [0.15, 0.2) is 27.2 Å². The van der Waals surface area contributed by atoms with Crippen LogP contribution in [-0.2, 0) is 44.2 Å². The van der Waals surface area contributed by atoms with Crippen LogP contribution in [0.2, 0.25) is 81.5 Å². The van der Waals surface area contributed by atoms with Crippen LogP contribution in [0.1, 0.15) is 155 Å². The fraction of sp³-hybridized carbons (Fsp3) is 0.367. The summed E-state index contributed by atoms with van der Waals surface area (Å²) in [4.78, 5) is 80.1. The van der Waals surface area contributed by atoms with Crippen LogP contribution < -0.4 is 0 Å². The van der Waals surface area contributed by atoms with Crippen molar-refractivity contribution in [3.63, 3.8) is 0 Å². The van der Waals surface area contributed by atoms with Crippen LogP contribution in [0.5, 0.6) is 0 Å². The van der Waals surface area contributed by atoms with Crippen molar-refractivity contribution in [2.45, 2.75) is 181 Å². The molecule has 6 atom stereocenters. The lowest BCUT2D eigenvalue weighted by molar-refractivity contribution is -0.137. The van der Waals surface area contributed by atoms with Crippen LogP contribution in [-0.4, -0.2) is 106 Å². The number of ether oxygens (including phenoxy) is 2. The number of carbonyl (C=O) groups excluding carboxylic acids is 3. The largest absolute Gasteiger partial charge is 0.462 e. The average Bonchev–Trinajstić information content (AvgIpc) is 1.56. The summed E-state index contributed by atoms with van der Waals surface area (Å²) in [6.07, 6.45) is 15.2. The fourth-order valence-electron chi connectivity index (χ4n) is 15.5. The molecule has 28 heteroatoms. The number of carbonyl (C=O) groups is 3. The molecule has 0 amide bonds. The molecule has 6 aliphatic rings. The van der Waals surface area contributed by atoms with Gasteiger partial charge in [-0.3, -0.25) is 9.59 Å². The number of hydrogen-bond acceptors (Lipinski definition) is 17. The smallest absolute Gasteiger partial charge is 0.346 e. The number of nitrogens with one attached hydrogen (secondary N) is 1. The zero-order chi connectivity index (χ0) is 84.9. The average molecular weight is 1800 g/mol. The Morgan fingerprint density at radius 2 is 0.864 bits per heavy atom. The molecule has 15 rings (SSSR count). The molecule has 6 aliphatic heterocycles. The van der Waals surface area contributed by atoms with E-state index in [0.29, 0.717) is 76.4 Å². The van der Waals surface area contributed by atoms with Gasteiger partial charge in [-0.25, -0.2) is 34.7 Å². The quantitative estimate of drug-likeness (QED) is 0.0247. The normalized spacial score (nSPS) is 20.7. The second kappa shape index (κ2) is 37.9. The zero-order valence-corrected chi connectivity index (χ0v) is 78.5. The molecule has 0 fully saturated rings. The highest BCUT2D eigenvalue weighted by molar-refractivity contribution is 8.18. The maximum atomic E-state index is 14.1. The van der Waals surface area contributed by atoms with Gasteiger partial charge in [-0.2, -0.15) is 0 Å². The fourth-order valence-corrected chi connectivity index (χ4v) is 22.3. The predicted octanol–water partition coefficient (Wildman–Crippen LogP) is 25.3. The molecule has 3 aromatic heterocycles. The number of rotatable bonds is 25. The van der Waals surface area contributed by atoms with Crippen molar-refractivity contribution in [2.75, 3.05) is 13.2 Å². The number of esters is 1. The topological polar surface area (TPSA) is 181 Å². The van der Waals surface area contributed by atoms with Crippen LogP contribution in [0.15, 0.2) is 236 Å². The van der Waals surface area contributed by atoms with Gasteiger partial charge < -0.3 is 38.3 Å². The number of H-pyrrole nitrogens is 1. The Kier molecular flexibility index (Phi) is 28.9. The van der Waals surface area contributed by atoms with Crippen molar-refractivity contribution in [3.8, 4) is 0 Å². The molecule has 0 saturated carbocycles. The van der Waals surface area contributed by atoms with E-state index in [1.165, 1.54) is 54.2 Å². The number of Topliss-reactive ketones (excluding diaryl/α,β-unsaturated/α-hetero) is 2. The molecular formula is C90H102Cl6N12O5S3Si2. The number of aromatic nitrogens is 6. The van der Waals surface area contributed by atoms with Crippen LogP contribution in [0, 0.1) is 17.8 Å². The van der Waals surface area contributed by atoms with Crippen molar-refractivity contribution in [1.82, 2.24) is 43.8 Å². The molecule has 0 saturated heterocycles. The second-order valence-electron chi connectivity index (χ2n) is 33.7. The van der Waals surface area contributed by atoms with E-state index in [1.807, 2.05) is 177 Å². The number of benzene rings is 6. The van der Waals surface area contributed by atoms with Gasteiger partial charge in [0.1, 0.15) is 28.3 Å². The molecule has 1 N–H and O–H groups in total. The molecule has 0 aliphatic carbocycles. The van der Waals surface area contributed by atoms with E-state index in [4.69, 9.17) is 94.1 Å². The van der Waals surface area contributed by atoms with Gasteiger partial charge in [0.2, 0.25) is 11.6 Å². The lowest BCUT2D eigenvalue weighted by atomic mass is 9.81. The maximum absolute atomic E-state index is 14.1. The summed E-state index contributed by atoms with van der Waals surface area (Å²) in [6, 6.07) is 49.2. The summed E-state index contributed by atoms with van der Waals surface area (Å²) in [5.74, 6) is 0.462. The molecule has 0 unspecified atom stereocenters. The van der Waals surface area contributed by atoms with Crippen molar-refractivity contribution in [2.24, 2.45) is 32.7 Å². The first-order valence-electron chi connectivity index (χ1n) is 39.8. The van der Waals surface area contributed by atoms with Crippen molar-refractivity contribution >= 4 is 154 Å². The highest BCUT2D eigenvalue weighted by Gasteiger charge is 2.57. The molecule has 620 valence electrons. The van der Waals surface area contributed by atoms with Gasteiger partial charge >= 0.3 is 5.97 Å². The number of halogens is 6. The van der Waals surface area contributed by atoms with E-state index in [2.05, 4.69) is 141 Å². The minimum Gasteiger partial charge on any atom is -0.462 e. The van der Waals surface area contributed by atoms with Crippen LogP contribution in [0.3, 0.4) is 0 Å². The number of nitrogens with zero attached hydrogens (tertiary/aromatic N) is 11. The standard InChI is InChI=1S/C31H36Cl2N4O2SSi.C25H22Cl2N4OS.C24H24Cl2N2O2S.C10H20N2Si/c1-20(2)25-27(26(38)29-34-15-16-36(29)19-39-17-18-41(4,5)6)40-30-35-31(3,22-9-13-24(33)14-10-22)28(37(25)30)21-7-11-23(32)12-8-21;1-14(2)19-21(20(32)23-28-12-13-29-23)33-24-30-25(3,16-6-10-18(27)11-7-16)22(31(19)24)15-4-8-17(26)9-5-15;1-5-30-22(29)20-19(14(2)3)28-21(15-6-10-17(25)11-7-15)24(4,27-23(28)31-20)16-8-12-18(26)13-9-16;1-13(2,3)9-5-4-7-12-8-6-11-10-12/h7-16,20,28H,17-19H2,1-6H3;4-14,22H,1-3H3,(H,28,29);6-14,21H,5H2,1-4H3;6,8,10H,4-5,7,9H2,1-3H3/t28-,31+;22-,25+;21-,24+;/m111./s1. The summed E-state index contributed by atoms with van der Waals surface area (Å²) in [6.45, 7) is 37.6. The summed E-state index contributed by atoms with van der Waals surface area (Å²) < 4.78 is 15.3. The van der Waals surface area contributed by atoms with Crippen molar-refractivity contribution < 1.29 is 23.9 Å². The minimum absolute atomic E-state index is 0.0629. The van der Waals surface area contributed by atoms with Crippen LogP contribution in [0.4, 0.5) is 0 Å². The van der Waals surface area contributed by atoms with Gasteiger partial charge in [-0.05, 0) is 199 Å². The molecule has 9 heterocycles. The molecular weight excluding hydrogens is 1690 g/mol. The van der Waals surface area contributed by atoms with E-state index >= 15 is 0 Å². The third kappa shape index (κ3) is 20.0. The number of thioether (sulfide) groups is 3. The monoisotopic (exact) mass is 1790 g/mol. The summed E-state index contributed by atoms with van der Waals surface area (Å²) >= 11 is 41.5. The molecule has 0 spiro atoms. The number of imidazole rings is 3. The summed E-state index contributed by atoms with van der Waals surface area (Å²) in [5.41, 5.74) is 7.45. The van der Waals surface area contributed by atoms with E-state index in [1.54, 1.807) is 23.2 Å². The Morgan fingerprint density at radius 3 is 1.22 bits per heavy atom. The number of unbranched alkanes of at least 4 members (excludes halogenated alkanes) is 1. The minimum atomic E-state index is -1.21. The first-order valence-corrected chi connectivity index (χ1v) is 51.9. The highest BCUT2D eigenvalue weighted by atomic mass is 35.5. The van der Waals surface area contributed by atoms with Gasteiger partial charge in [-0.15, -0.1) is 0 Å². The maximum Gasteiger partial charge on any atom is 0.346 e. The first kappa shape index (κ1) is 89.8. The van der Waals surface area contributed by atoms with Gasteiger partial charge in [0.05, 0.1) is 40.9 Å². The highest BCUT2D eigenvalue weighted by Crippen LogP contribution is 2.60. The third-order valence-electron chi connectivity index (χ3n) is 21.4. The van der Waals surface area contributed by atoms with Gasteiger partial charge in [-0.1, -0.05) is 236 Å². The number of hydrogen-bond donors (Lipinski definition) is 1. The molecule has 6 aromatic carbocycles. The summed E-state index contributed by atoms with van der Waals surface area (Å²) in [5, 5.41) is 6.49. The van der Waals surface area contributed by atoms with Crippen molar-refractivity contribution in [3.05, 3.63) is 296 Å². The molecule has 0 bridgehead atoms. The van der Waals surface area contributed by atoms with Crippen molar-refractivity contribution in [1.29, 1.82) is 0 Å².